The number of nitriles is 1. The fourth-order valence-corrected chi connectivity index (χ4v) is 6.19. The van der Waals surface area contributed by atoms with Crippen molar-refractivity contribution in [2.75, 3.05) is 67.5 Å². The Hall–Kier alpha value is -4.80. The van der Waals surface area contributed by atoms with Crippen LogP contribution in [0, 0.1) is 11.5 Å². The van der Waals surface area contributed by atoms with E-state index in [1.165, 1.54) is 11.8 Å². The largest absolute Gasteiger partial charge is 0.437 e. The number of carbonyl (C=O) groups excluding carboxylic acids is 1. The van der Waals surface area contributed by atoms with Crippen LogP contribution in [0.1, 0.15) is 53.4 Å². The van der Waals surface area contributed by atoms with Crippen LogP contribution in [-0.2, 0) is 6.18 Å². The molecule has 6 rings (SSSR count). The van der Waals surface area contributed by atoms with Crippen LogP contribution < -0.4 is 15.1 Å². The van der Waals surface area contributed by atoms with Gasteiger partial charge in [0, 0.05) is 52.4 Å². The van der Waals surface area contributed by atoms with Crippen LogP contribution in [0.2, 0.25) is 0 Å². The van der Waals surface area contributed by atoms with Crippen LogP contribution in [0.25, 0.3) is 0 Å². The van der Waals surface area contributed by atoms with E-state index in [1.807, 2.05) is 24.4 Å². The minimum absolute atomic E-state index is 0.209. The first-order valence-electron chi connectivity index (χ1n) is 15.2. The lowest BCUT2D eigenvalue weighted by Crippen LogP contribution is -2.53. The van der Waals surface area contributed by atoms with Crippen LogP contribution in [0.4, 0.5) is 30.7 Å². The van der Waals surface area contributed by atoms with Gasteiger partial charge in [-0.2, -0.15) is 23.4 Å². The molecular formula is C31H34F3N9O2. The number of rotatable bonds is 5. The molecule has 0 aliphatic carbocycles. The molecule has 0 radical (unpaired) electrons. The standard InChI is InChI=1S/C31H34F3N9O2/c32-31(33,34)27-26(45-30(39-27)43-14-10-23(11-15-43)22-6-2-1-3-7-22)28(44)38-24-8-9-25(36-20-24)40-16-18-42(19-17-40)29(37-21-35)41-12-4-5-13-41/h1-3,6-9,20,23H,4-5,10-19H2,(H,38,44). The van der Waals surface area contributed by atoms with Gasteiger partial charge in [0.1, 0.15) is 5.82 Å². The van der Waals surface area contributed by atoms with Crippen molar-refractivity contribution < 1.29 is 22.4 Å². The number of nitrogens with zero attached hydrogens (tertiary/aromatic N) is 8. The van der Waals surface area contributed by atoms with Crippen molar-refractivity contribution in [1.82, 2.24) is 19.8 Å². The van der Waals surface area contributed by atoms with Crippen molar-refractivity contribution in [3.63, 3.8) is 0 Å². The number of likely N-dealkylation sites (tertiary alicyclic amines) is 1. The molecule has 0 saturated carbocycles. The van der Waals surface area contributed by atoms with Crippen LogP contribution >= 0.6 is 0 Å². The Morgan fingerprint density at radius 2 is 1.62 bits per heavy atom. The number of hydrogen-bond donors (Lipinski definition) is 1. The summed E-state index contributed by atoms with van der Waals surface area (Å²) < 4.78 is 47.2. The van der Waals surface area contributed by atoms with Gasteiger partial charge in [-0.25, -0.2) is 4.98 Å². The van der Waals surface area contributed by atoms with Gasteiger partial charge in [-0.05, 0) is 49.3 Å². The summed E-state index contributed by atoms with van der Waals surface area (Å²) >= 11 is 0. The fraction of sp³-hybridized carbons (Fsp3) is 0.452. The Labute approximate surface area is 259 Å². The molecule has 1 N–H and O–H groups in total. The van der Waals surface area contributed by atoms with Crippen molar-refractivity contribution in [2.45, 2.75) is 37.8 Å². The van der Waals surface area contributed by atoms with Crippen molar-refractivity contribution in [3.05, 3.63) is 65.7 Å². The number of nitrogens with one attached hydrogen (secondary N) is 1. The zero-order valence-electron chi connectivity index (χ0n) is 24.7. The highest BCUT2D eigenvalue weighted by molar-refractivity contribution is 6.03. The number of benzene rings is 1. The molecule has 236 valence electrons. The van der Waals surface area contributed by atoms with Gasteiger partial charge in [0.25, 0.3) is 11.9 Å². The second-order valence-corrected chi connectivity index (χ2v) is 11.4. The molecule has 3 aromatic rings. The number of oxazole rings is 1. The molecule has 2 aromatic heterocycles. The molecule has 0 bridgehead atoms. The van der Waals surface area contributed by atoms with Crippen LogP contribution in [0.5, 0.6) is 0 Å². The highest BCUT2D eigenvalue weighted by atomic mass is 19.4. The molecule has 1 amide bonds. The summed E-state index contributed by atoms with van der Waals surface area (Å²) in [7, 11) is 0. The Kier molecular flexibility index (Phi) is 8.77. The molecule has 0 atom stereocenters. The summed E-state index contributed by atoms with van der Waals surface area (Å²) in [5.41, 5.74) is 0.0738. The lowest BCUT2D eigenvalue weighted by molar-refractivity contribution is -0.141. The van der Waals surface area contributed by atoms with Gasteiger partial charge in [0.15, 0.2) is 5.69 Å². The molecule has 45 heavy (non-hydrogen) atoms. The van der Waals surface area contributed by atoms with Gasteiger partial charge in [0.2, 0.25) is 17.9 Å². The number of alkyl halides is 3. The molecule has 0 spiro atoms. The summed E-state index contributed by atoms with van der Waals surface area (Å²) in [6.07, 6.45) is 2.10. The SMILES string of the molecule is N#CN=C(N1CCCC1)N1CCN(c2ccc(NC(=O)c3oc(N4CCC(c5ccccc5)CC4)nc3C(F)(F)F)cn2)CC1. The second-order valence-electron chi connectivity index (χ2n) is 11.4. The number of amides is 1. The molecular weight excluding hydrogens is 587 g/mol. The van der Waals surface area contributed by atoms with Crippen molar-refractivity contribution in [1.29, 1.82) is 5.26 Å². The monoisotopic (exact) mass is 621 g/mol. The zero-order valence-corrected chi connectivity index (χ0v) is 24.7. The maximum Gasteiger partial charge on any atom is 0.437 e. The van der Waals surface area contributed by atoms with Crippen molar-refractivity contribution >= 4 is 29.4 Å². The highest BCUT2D eigenvalue weighted by Gasteiger charge is 2.42. The minimum Gasteiger partial charge on any atom is -0.417 e. The Morgan fingerprint density at radius 1 is 0.933 bits per heavy atom. The van der Waals surface area contributed by atoms with Gasteiger partial charge in [-0.3, -0.25) is 4.79 Å². The summed E-state index contributed by atoms with van der Waals surface area (Å²) in [6.45, 7) is 5.33. The number of carbonyl (C=O) groups is 1. The number of pyridine rings is 1. The van der Waals surface area contributed by atoms with Gasteiger partial charge >= 0.3 is 6.18 Å². The first kappa shape index (κ1) is 30.2. The molecule has 0 unspecified atom stereocenters. The first-order valence-corrected chi connectivity index (χ1v) is 15.2. The Morgan fingerprint density at radius 3 is 2.24 bits per heavy atom. The second kappa shape index (κ2) is 13.1. The number of anilines is 3. The predicted molar refractivity (Wildman–Crippen MR) is 162 cm³/mol. The van der Waals surface area contributed by atoms with Crippen molar-refractivity contribution in [2.24, 2.45) is 4.99 Å². The third kappa shape index (κ3) is 6.82. The van der Waals surface area contributed by atoms with E-state index in [2.05, 4.69) is 47.1 Å². The average molecular weight is 622 g/mol. The number of aromatic nitrogens is 2. The molecule has 1 aromatic carbocycles. The molecule has 3 aliphatic heterocycles. The summed E-state index contributed by atoms with van der Waals surface area (Å²) in [4.78, 5) is 33.2. The zero-order chi connectivity index (χ0) is 31.4. The Bertz CT molecular complexity index is 1530. The van der Waals surface area contributed by atoms with Gasteiger partial charge in [0.05, 0.1) is 11.9 Å². The molecule has 3 saturated heterocycles. The number of piperidine rings is 1. The lowest BCUT2D eigenvalue weighted by atomic mass is 9.90. The first-order chi connectivity index (χ1) is 21.8. The van der Waals surface area contributed by atoms with Crippen LogP contribution in [0.15, 0.2) is 58.1 Å². The van der Waals surface area contributed by atoms with Crippen LogP contribution in [0.3, 0.4) is 0 Å². The van der Waals surface area contributed by atoms with Crippen molar-refractivity contribution in [3.8, 4) is 6.19 Å². The number of piperazine rings is 1. The van der Waals surface area contributed by atoms with Gasteiger partial charge in [-0.1, -0.05) is 30.3 Å². The number of guanidine groups is 1. The normalized spacial score (nSPS) is 18.3. The number of hydrogen-bond acceptors (Lipinski definition) is 8. The minimum atomic E-state index is -4.87. The summed E-state index contributed by atoms with van der Waals surface area (Å²) in [5.74, 6) is -0.243. The molecule has 11 nitrogen and oxygen atoms in total. The van der Waals surface area contributed by atoms with Gasteiger partial charge in [-0.15, -0.1) is 4.99 Å². The summed E-state index contributed by atoms with van der Waals surface area (Å²) in [6, 6.07) is 13.1. The third-order valence-electron chi connectivity index (χ3n) is 8.56. The number of halogens is 3. The molecule has 3 fully saturated rings. The predicted octanol–water partition coefficient (Wildman–Crippen LogP) is 4.78. The quantitative estimate of drug-likeness (QED) is 0.244. The van der Waals surface area contributed by atoms with E-state index in [0.29, 0.717) is 57.0 Å². The highest BCUT2D eigenvalue weighted by Crippen LogP contribution is 2.36. The topological polar surface area (TPSA) is 117 Å². The van der Waals surface area contributed by atoms with E-state index in [4.69, 9.17) is 4.42 Å². The van der Waals surface area contributed by atoms with E-state index in [9.17, 15) is 23.2 Å². The lowest BCUT2D eigenvalue weighted by Gasteiger charge is -2.39. The van der Waals surface area contributed by atoms with Gasteiger partial charge < -0.3 is 29.3 Å². The maximum atomic E-state index is 13.9. The van der Waals surface area contributed by atoms with E-state index >= 15 is 0 Å². The van der Waals surface area contributed by atoms with Crippen LogP contribution in [-0.4, -0.2) is 84.0 Å². The van der Waals surface area contributed by atoms with E-state index in [1.54, 1.807) is 17.0 Å². The smallest absolute Gasteiger partial charge is 0.417 e. The average Bonchev–Trinajstić information content (AvgIpc) is 3.76. The number of aliphatic imine (C=N–C) groups is 1. The van der Waals surface area contributed by atoms with E-state index in [-0.39, 0.29) is 11.7 Å². The maximum absolute atomic E-state index is 13.9. The van der Waals surface area contributed by atoms with E-state index in [0.717, 1.165) is 38.8 Å². The third-order valence-corrected chi connectivity index (χ3v) is 8.56. The molecule has 3 aliphatic rings. The Balaban J connectivity index is 1.08. The summed E-state index contributed by atoms with van der Waals surface area (Å²) in [5, 5.41) is 11.7. The molecule has 14 heteroatoms. The van der Waals surface area contributed by atoms with E-state index < -0.39 is 23.5 Å². The molecule has 5 heterocycles. The fourth-order valence-electron chi connectivity index (χ4n) is 6.19.